The molecule has 36 heavy (non-hydrogen) atoms. The van der Waals surface area contributed by atoms with Crippen molar-refractivity contribution in [3.63, 3.8) is 0 Å². The molecule has 4 aromatic rings. The Hall–Kier alpha value is -3.83. The lowest BCUT2D eigenvalue weighted by atomic mass is 10.0. The Labute approximate surface area is 213 Å². The van der Waals surface area contributed by atoms with Gasteiger partial charge in [0.1, 0.15) is 6.04 Å². The van der Waals surface area contributed by atoms with E-state index in [1.165, 1.54) is 29.8 Å². The summed E-state index contributed by atoms with van der Waals surface area (Å²) in [6.07, 6.45) is 7.02. The molecule has 3 heterocycles. The van der Waals surface area contributed by atoms with Crippen LogP contribution in [0, 0.1) is 5.92 Å². The van der Waals surface area contributed by atoms with E-state index in [0.29, 0.717) is 5.13 Å². The number of anilines is 1. The molecule has 0 aliphatic heterocycles. The Bertz CT molecular complexity index is 1490. The number of hydrogen-bond donors (Lipinski definition) is 2. The summed E-state index contributed by atoms with van der Waals surface area (Å²) in [5, 5.41) is 7.75. The second-order valence-corrected chi connectivity index (χ2v) is 11.3. The van der Waals surface area contributed by atoms with Gasteiger partial charge in [0.2, 0.25) is 15.9 Å². The lowest BCUT2D eigenvalue weighted by molar-refractivity contribution is -0.118. The SMILES string of the molecule is CC(C)[C@H](NC(=O)c1ccn(S(C)(=O)=O)c1)C(=O)Nc1nc(-c2cccc(-c3ccncc3)c2)cs1. The van der Waals surface area contributed by atoms with Crippen molar-refractivity contribution < 1.29 is 18.0 Å². The number of carbonyl (C=O) groups is 2. The van der Waals surface area contributed by atoms with E-state index in [1.807, 2.05) is 55.6 Å². The summed E-state index contributed by atoms with van der Waals surface area (Å²) in [5.41, 5.74) is 3.84. The number of benzene rings is 1. The summed E-state index contributed by atoms with van der Waals surface area (Å²) in [4.78, 5) is 34.3. The maximum Gasteiger partial charge on any atom is 0.253 e. The van der Waals surface area contributed by atoms with Crippen LogP contribution in [-0.2, 0) is 14.8 Å². The quantitative estimate of drug-likeness (QED) is 0.361. The summed E-state index contributed by atoms with van der Waals surface area (Å²) < 4.78 is 24.3. The maximum atomic E-state index is 13.0. The summed E-state index contributed by atoms with van der Waals surface area (Å²) >= 11 is 1.29. The van der Waals surface area contributed by atoms with E-state index in [0.717, 1.165) is 32.6 Å². The number of thiazole rings is 1. The highest BCUT2D eigenvalue weighted by molar-refractivity contribution is 7.89. The topological polar surface area (TPSA) is 123 Å². The van der Waals surface area contributed by atoms with Crippen LogP contribution >= 0.6 is 11.3 Å². The van der Waals surface area contributed by atoms with Gasteiger partial charge in [0.25, 0.3) is 5.91 Å². The van der Waals surface area contributed by atoms with Gasteiger partial charge in [-0.2, -0.15) is 0 Å². The van der Waals surface area contributed by atoms with Crippen molar-refractivity contribution >= 4 is 38.3 Å². The Morgan fingerprint density at radius 2 is 1.75 bits per heavy atom. The Morgan fingerprint density at radius 3 is 2.42 bits per heavy atom. The van der Waals surface area contributed by atoms with Crippen LogP contribution < -0.4 is 10.6 Å². The number of carbonyl (C=O) groups excluding carboxylic acids is 2. The van der Waals surface area contributed by atoms with E-state index < -0.39 is 27.9 Å². The molecule has 0 bridgehead atoms. The lowest BCUT2D eigenvalue weighted by Crippen LogP contribution is -2.47. The van der Waals surface area contributed by atoms with Gasteiger partial charge in [-0.15, -0.1) is 11.3 Å². The predicted octanol–water partition coefficient (Wildman–Crippen LogP) is 3.87. The first-order valence-electron chi connectivity index (χ1n) is 11.1. The van der Waals surface area contributed by atoms with Crippen LogP contribution in [0.25, 0.3) is 22.4 Å². The number of nitrogens with one attached hydrogen (secondary N) is 2. The average Bonchev–Trinajstić information content (AvgIpc) is 3.53. The van der Waals surface area contributed by atoms with E-state index >= 15 is 0 Å². The van der Waals surface area contributed by atoms with Gasteiger partial charge < -0.3 is 10.6 Å². The zero-order valence-electron chi connectivity index (χ0n) is 19.9. The Kier molecular flexibility index (Phi) is 7.32. The number of pyridine rings is 1. The average molecular weight is 524 g/mol. The van der Waals surface area contributed by atoms with Crippen LogP contribution in [0.2, 0.25) is 0 Å². The molecule has 186 valence electrons. The van der Waals surface area contributed by atoms with E-state index in [2.05, 4.69) is 20.6 Å². The fraction of sp³-hybridized carbons (Fsp3) is 0.200. The molecule has 0 aliphatic rings. The molecule has 0 radical (unpaired) electrons. The van der Waals surface area contributed by atoms with Crippen molar-refractivity contribution in [3.8, 4) is 22.4 Å². The third-order valence-corrected chi connectivity index (χ3v) is 7.21. The zero-order valence-corrected chi connectivity index (χ0v) is 21.5. The van der Waals surface area contributed by atoms with Crippen molar-refractivity contribution in [1.29, 1.82) is 0 Å². The van der Waals surface area contributed by atoms with E-state index in [9.17, 15) is 18.0 Å². The molecule has 0 saturated carbocycles. The molecule has 0 unspecified atom stereocenters. The predicted molar refractivity (Wildman–Crippen MR) is 140 cm³/mol. The number of aromatic nitrogens is 3. The minimum atomic E-state index is -3.51. The molecule has 0 fully saturated rings. The van der Waals surface area contributed by atoms with Crippen LogP contribution in [0.5, 0.6) is 0 Å². The number of rotatable bonds is 8. The number of amides is 2. The van der Waals surface area contributed by atoms with E-state index in [1.54, 1.807) is 12.4 Å². The smallest absolute Gasteiger partial charge is 0.253 e. The van der Waals surface area contributed by atoms with Gasteiger partial charge >= 0.3 is 0 Å². The molecule has 0 aliphatic carbocycles. The summed E-state index contributed by atoms with van der Waals surface area (Å²) in [5.74, 6) is -1.17. The molecule has 11 heteroatoms. The molecule has 3 aromatic heterocycles. The summed E-state index contributed by atoms with van der Waals surface area (Å²) in [6, 6.07) is 12.3. The van der Waals surface area contributed by atoms with Gasteiger partial charge in [0, 0.05) is 35.7 Å². The third kappa shape index (κ3) is 5.86. The molecule has 0 spiro atoms. The van der Waals surface area contributed by atoms with E-state index in [-0.39, 0.29) is 11.5 Å². The molecule has 2 N–H and O–H groups in total. The second kappa shape index (κ2) is 10.4. The normalized spacial score (nSPS) is 12.3. The zero-order chi connectivity index (χ0) is 25.9. The largest absolute Gasteiger partial charge is 0.340 e. The third-order valence-electron chi connectivity index (χ3n) is 5.45. The first-order valence-corrected chi connectivity index (χ1v) is 13.8. The van der Waals surface area contributed by atoms with Gasteiger partial charge in [-0.3, -0.25) is 18.5 Å². The number of hydrogen-bond acceptors (Lipinski definition) is 7. The molecular weight excluding hydrogens is 498 g/mol. The first-order chi connectivity index (χ1) is 17.1. The molecule has 1 aromatic carbocycles. The molecule has 0 saturated heterocycles. The van der Waals surface area contributed by atoms with Crippen molar-refractivity contribution in [3.05, 3.63) is 78.2 Å². The van der Waals surface area contributed by atoms with Crippen LogP contribution in [0.4, 0.5) is 5.13 Å². The van der Waals surface area contributed by atoms with Gasteiger partial charge in [-0.1, -0.05) is 32.0 Å². The summed E-state index contributed by atoms with van der Waals surface area (Å²) in [6.45, 7) is 3.62. The second-order valence-electron chi connectivity index (χ2n) is 8.53. The molecule has 4 rings (SSSR count). The molecular formula is C25H25N5O4S2. The first kappa shape index (κ1) is 25.3. The lowest BCUT2D eigenvalue weighted by Gasteiger charge is -2.20. The fourth-order valence-corrected chi connectivity index (χ4v) is 4.84. The van der Waals surface area contributed by atoms with Crippen molar-refractivity contribution in [2.45, 2.75) is 19.9 Å². The Morgan fingerprint density at radius 1 is 1.03 bits per heavy atom. The Balaban J connectivity index is 1.46. The van der Waals surface area contributed by atoms with Gasteiger partial charge in [0.05, 0.1) is 17.5 Å². The highest BCUT2D eigenvalue weighted by atomic mass is 32.2. The monoisotopic (exact) mass is 523 g/mol. The minimum Gasteiger partial charge on any atom is -0.340 e. The van der Waals surface area contributed by atoms with Crippen LogP contribution in [0.3, 0.4) is 0 Å². The molecule has 2 amide bonds. The fourth-order valence-electron chi connectivity index (χ4n) is 3.53. The van der Waals surface area contributed by atoms with Crippen LogP contribution in [0.1, 0.15) is 24.2 Å². The number of nitrogens with zero attached hydrogens (tertiary/aromatic N) is 3. The van der Waals surface area contributed by atoms with Crippen molar-refractivity contribution in [2.75, 3.05) is 11.6 Å². The molecule has 9 nitrogen and oxygen atoms in total. The van der Waals surface area contributed by atoms with Crippen LogP contribution in [-0.4, -0.2) is 46.5 Å². The standard InChI is InChI=1S/C25H25N5O4S2/c1-16(2)22(28-23(31)20-9-12-30(14-20)36(3,33)34)24(32)29-25-27-21(15-35-25)19-6-4-5-18(13-19)17-7-10-26-11-8-17/h4-16,22H,1-3H3,(H,28,31)(H,27,29,32)/t22-/m0/s1. The highest BCUT2D eigenvalue weighted by Gasteiger charge is 2.26. The van der Waals surface area contributed by atoms with Gasteiger partial charge in [-0.05, 0) is 41.3 Å². The van der Waals surface area contributed by atoms with Crippen molar-refractivity contribution in [1.82, 2.24) is 19.3 Å². The maximum absolute atomic E-state index is 13.0. The highest BCUT2D eigenvalue weighted by Crippen LogP contribution is 2.29. The van der Waals surface area contributed by atoms with Crippen LogP contribution in [0.15, 0.2) is 72.6 Å². The minimum absolute atomic E-state index is 0.143. The van der Waals surface area contributed by atoms with Gasteiger partial charge in [-0.25, -0.2) is 13.4 Å². The summed E-state index contributed by atoms with van der Waals surface area (Å²) in [7, 11) is -3.51. The molecule has 1 atom stereocenters. The van der Waals surface area contributed by atoms with Crippen molar-refractivity contribution in [2.24, 2.45) is 5.92 Å². The van der Waals surface area contributed by atoms with Gasteiger partial charge in [0.15, 0.2) is 5.13 Å². The van der Waals surface area contributed by atoms with E-state index in [4.69, 9.17) is 0 Å².